The number of esters is 3. The number of unbranched alkanes of at least 4 members (excludes halogenated alkanes) is 52. The van der Waals surface area contributed by atoms with Gasteiger partial charge in [0.05, 0.1) is 0 Å². The third-order valence-corrected chi connectivity index (χ3v) is 16.9. The maximum absolute atomic E-state index is 13.0. The van der Waals surface area contributed by atoms with Gasteiger partial charge in [0.15, 0.2) is 6.10 Å². The van der Waals surface area contributed by atoms with Crippen LogP contribution in [-0.2, 0) is 28.6 Å². The molecule has 0 bridgehead atoms. The van der Waals surface area contributed by atoms with Crippen LogP contribution < -0.4 is 0 Å². The summed E-state index contributed by atoms with van der Waals surface area (Å²) in [7, 11) is 0. The average Bonchev–Trinajstić information content (AvgIpc) is 3.43. The Morgan fingerprint density at radius 3 is 0.675 bits per heavy atom. The highest BCUT2D eigenvalue weighted by molar-refractivity contribution is 5.71. The summed E-state index contributed by atoms with van der Waals surface area (Å²) in [5.41, 5.74) is 0. The minimum atomic E-state index is -0.764. The Labute approximate surface area is 482 Å². The van der Waals surface area contributed by atoms with Crippen LogP contribution in [0.3, 0.4) is 0 Å². The van der Waals surface area contributed by atoms with Gasteiger partial charge in [-0.25, -0.2) is 0 Å². The molecule has 0 saturated carbocycles. The summed E-state index contributed by atoms with van der Waals surface area (Å²) >= 11 is 0. The second-order valence-corrected chi connectivity index (χ2v) is 24.8. The lowest BCUT2D eigenvalue weighted by Crippen LogP contribution is -2.30. The maximum atomic E-state index is 13.0. The van der Waals surface area contributed by atoms with E-state index < -0.39 is 6.10 Å². The molecule has 77 heavy (non-hydrogen) atoms. The van der Waals surface area contributed by atoms with Crippen molar-refractivity contribution in [1.82, 2.24) is 0 Å². The Bertz CT molecular complexity index is 1170. The Kier molecular flexibility index (Phi) is 63.9. The summed E-state index contributed by atoms with van der Waals surface area (Å²) < 4.78 is 17.0. The lowest BCUT2D eigenvalue weighted by atomic mass is 9.99. The summed E-state index contributed by atoms with van der Waals surface area (Å²) in [6.45, 7) is 9.16. The fraction of sp³-hybridized carbons (Fsp3) is 0.958. The molecule has 0 spiro atoms. The molecule has 0 aromatic rings. The van der Waals surface area contributed by atoms with E-state index in [-0.39, 0.29) is 31.1 Å². The van der Waals surface area contributed by atoms with Gasteiger partial charge < -0.3 is 14.2 Å². The molecule has 0 aliphatic carbocycles. The summed E-state index contributed by atoms with van der Waals surface area (Å²) in [6, 6.07) is 0. The Morgan fingerprint density at radius 1 is 0.260 bits per heavy atom. The molecule has 6 nitrogen and oxygen atoms in total. The summed E-state index contributed by atoms with van der Waals surface area (Å²) in [5, 5.41) is 0. The molecule has 0 aromatic carbocycles. The number of carbonyl (C=O) groups is 3. The zero-order chi connectivity index (χ0) is 55.8. The lowest BCUT2D eigenvalue weighted by Gasteiger charge is -2.18. The van der Waals surface area contributed by atoms with E-state index in [1.807, 2.05) is 0 Å². The first-order valence-electron chi connectivity index (χ1n) is 35.4. The highest BCUT2D eigenvalue weighted by atomic mass is 16.6. The van der Waals surface area contributed by atoms with Crippen LogP contribution in [-0.4, -0.2) is 37.2 Å². The minimum absolute atomic E-state index is 0.0605. The van der Waals surface area contributed by atoms with Crippen LogP contribution in [0, 0.1) is 5.92 Å². The van der Waals surface area contributed by atoms with Gasteiger partial charge in [0, 0.05) is 19.3 Å². The van der Waals surface area contributed by atoms with E-state index in [0.29, 0.717) is 19.3 Å². The van der Waals surface area contributed by atoms with Crippen LogP contribution in [0.25, 0.3) is 0 Å². The van der Waals surface area contributed by atoms with Gasteiger partial charge in [-0.1, -0.05) is 374 Å². The molecular weight excluding hydrogens is 949 g/mol. The third kappa shape index (κ3) is 63.5. The fourth-order valence-corrected chi connectivity index (χ4v) is 11.2. The van der Waals surface area contributed by atoms with Crippen molar-refractivity contribution in [2.24, 2.45) is 5.92 Å². The number of rotatable bonds is 66. The highest BCUT2D eigenvalue weighted by Crippen LogP contribution is 2.20. The van der Waals surface area contributed by atoms with Gasteiger partial charge in [-0.2, -0.15) is 0 Å². The molecule has 0 aliphatic heterocycles. The molecule has 0 amide bonds. The molecule has 0 N–H and O–H groups in total. The van der Waals surface area contributed by atoms with E-state index in [9.17, 15) is 14.4 Å². The molecule has 1 unspecified atom stereocenters. The van der Waals surface area contributed by atoms with Crippen LogP contribution in [0.4, 0.5) is 0 Å². The largest absolute Gasteiger partial charge is 0.462 e. The second kappa shape index (κ2) is 65.2. The quantitative estimate of drug-likeness (QED) is 0.0343. The van der Waals surface area contributed by atoms with Gasteiger partial charge in [-0.05, 0) is 25.2 Å². The molecule has 6 heteroatoms. The van der Waals surface area contributed by atoms with Crippen molar-refractivity contribution >= 4 is 17.9 Å². The van der Waals surface area contributed by atoms with Gasteiger partial charge in [0.2, 0.25) is 0 Å². The predicted molar refractivity (Wildman–Crippen MR) is 335 cm³/mol. The molecule has 458 valence electrons. The van der Waals surface area contributed by atoms with E-state index in [2.05, 4.69) is 27.7 Å². The van der Waals surface area contributed by atoms with Gasteiger partial charge in [-0.15, -0.1) is 0 Å². The molecule has 0 fully saturated rings. The normalized spacial score (nSPS) is 12.3. The van der Waals surface area contributed by atoms with E-state index in [0.717, 1.165) is 63.7 Å². The van der Waals surface area contributed by atoms with Gasteiger partial charge in [0.1, 0.15) is 13.2 Å². The number of ether oxygens (including phenoxy) is 3. The van der Waals surface area contributed by atoms with Gasteiger partial charge >= 0.3 is 17.9 Å². The highest BCUT2D eigenvalue weighted by Gasteiger charge is 2.20. The fourth-order valence-electron chi connectivity index (χ4n) is 11.2. The molecule has 0 radical (unpaired) electrons. The predicted octanol–water partition coefficient (Wildman–Crippen LogP) is 24.1. The van der Waals surface area contributed by atoms with E-state index in [1.165, 1.54) is 308 Å². The first-order valence-corrected chi connectivity index (χ1v) is 35.4. The van der Waals surface area contributed by atoms with Gasteiger partial charge in [0.25, 0.3) is 0 Å². The summed E-state index contributed by atoms with van der Waals surface area (Å²) in [5.74, 6) is 0.0903. The molecule has 0 rings (SSSR count). The Hall–Kier alpha value is -1.59. The Balaban J connectivity index is 4.26. The molecule has 0 aromatic heterocycles. The first-order chi connectivity index (χ1) is 37.9. The third-order valence-electron chi connectivity index (χ3n) is 16.9. The first kappa shape index (κ1) is 75.4. The van der Waals surface area contributed by atoms with Crippen molar-refractivity contribution in [3.63, 3.8) is 0 Å². The lowest BCUT2D eigenvalue weighted by molar-refractivity contribution is -0.167. The van der Waals surface area contributed by atoms with Crippen molar-refractivity contribution in [1.29, 1.82) is 0 Å². The van der Waals surface area contributed by atoms with Gasteiger partial charge in [-0.3, -0.25) is 14.4 Å². The van der Waals surface area contributed by atoms with Crippen molar-refractivity contribution in [2.75, 3.05) is 13.2 Å². The smallest absolute Gasteiger partial charge is 0.306 e. The standard InChI is InChI=1S/C71H138O6/c1-5-8-10-12-14-16-18-20-22-24-26-31-34-38-42-46-50-54-58-62-69(72)75-65-68(77-71(74)64-60-56-52-48-44-40-36-30-25-23-21-19-17-15-13-11-9-6-2)66-76-70(73)63-59-55-51-47-43-39-35-32-28-27-29-33-37-41-45-49-53-57-61-67(4)7-3/h67-68H,5-66H2,1-4H3/t67?,68-/m1/s1. The van der Waals surface area contributed by atoms with Crippen LogP contribution in [0.2, 0.25) is 0 Å². The van der Waals surface area contributed by atoms with Crippen LogP contribution >= 0.6 is 0 Å². The average molecular weight is 1090 g/mol. The number of carbonyl (C=O) groups excluding carboxylic acids is 3. The van der Waals surface area contributed by atoms with E-state index in [4.69, 9.17) is 14.2 Å². The Morgan fingerprint density at radius 2 is 0.455 bits per heavy atom. The maximum Gasteiger partial charge on any atom is 0.306 e. The van der Waals surface area contributed by atoms with Crippen molar-refractivity contribution < 1.29 is 28.6 Å². The monoisotopic (exact) mass is 1090 g/mol. The van der Waals surface area contributed by atoms with E-state index >= 15 is 0 Å². The molecule has 2 atom stereocenters. The van der Waals surface area contributed by atoms with Crippen molar-refractivity contribution in [3.05, 3.63) is 0 Å². The number of hydrogen-bond donors (Lipinski definition) is 0. The van der Waals surface area contributed by atoms with Crippen LogP contribution in [0.1, 0.15) is 413 Å². The second-order valence-electron chi connectivity index (χ2n) is 24.8. The summed E-state index contributed by atoms with van der Waals surface area (Å²) in [6.07, 6.45) is 75.4. The van der Waals surface area contributed by atoms with Crippen molar-refractivity contribution in [2.45, 2.75) is 419 Å². The van der Waals surface area contributed by atoms with Crippen LogP contribution in [0.15, 0.2) is 0 Å². The van der Waals surface area contributed by atoms with Crippen LogP contribution in [0.5, 0.6) is 0 Å². The van der Waals surface area contributed by atoms with E-state index in [1.54, 1.807) is 0 Å². The zero-order valence-corrected chi connectivity index (χ0v) is 52.9. The summed E-state index contributed by atoms with van der Waals surface area (Å²) in [4.78, 5) is 38.5. The minimum Gasteiger partial charge on any atom is -0.462 e. The molecule has 0 saturated heterocycles. The number of hydrogen-bond acceptors (Lipinski definition) is 6. The SMILES string of the molecule is CCCCCCCCCCCCCCCCCCCCCC(=O)OC[C@H](COC(=O)CCCCCCCCCCCCCCCCCCCCC(C)CC)OC(=O)CCCCCCCCCCCCCCCCCCCC. The van der Waals surface area contributed by atoms with Crippen molar-refractivity contribution in [3.8, 4) is 0 Å². The molecule has 0 heterocycles. The molecular formula is C71H138O6. The zero-order valence-electron chi connectivity index (χ0n) is 52.9. The topological polar surface area (TPSA) is 78.9 Å². The molecule has 0 aliphatic rings.